The number of fused-ring (bicyclic) bond motifs is 1. The number of nitrogens with zero attached hydrogens (tertiary/aromatic N) is 1. The van der Waals surface area contributed by atoms with Crippen molar-refractivity contribution in [2.45, 2.75) is 19.1 Å². The Balaban J connectivity index is 1.64. The molecule has 0 unspecified atom stereocenters. The van der Waals surface area contributed by atoms with Gasteiger partial charge < -0.3 is 9.73 Å². The number of hydrogen-bond acceptors (Lipinski definition) is 4. The van der Waals surface area contributed by atoms with Crippen molar-refractivity contribution in [3.8, 4) is 0 Å². The van der Waals surface area contributed by atoms with Gasteiger partial charge in [0, 0.05) is 10.7 Å². The van der Waals surface area contributed by atoms with E-state index in [1.807, 2.05) is 32.0 Å². The van der Waals surface area contributed by atoms with Crippen molar-refractivity contribution in [3.63, 3.8) is 0 Å². The Hall–Kier alpha value is -1.98. The number of amides is 1. The van der Waals surface area contributed by atoms with Crippen LogP contribution < -0.4 is 5.32 Å². The zero-order valence-electron chi connectivity index (χ0n) is 12.7. The molecule has 0 spiro atoms. The Morgan fingerprint density at radius 1 is 1.26 bits per heavy atom. The summed E-state index contributed by atoms with van der Waals surface area (Å²) < 4.78 is 5.58. The Kier molecular flexibility index (Phi) is 4.59. The lowest BCUT2D eigenvalue weighted by Crippen LogP contribution is -2.14. The molecule has 0 bridgehead atoms. The predicted octanol–water partition coefficient (Wildman–Crippen LogP) is 4.83. The standard InChI is InChI=1S/C17H15ClN2O2S/c1-10-3-4-11(2)13(7-10)19-16(21)9-23-17-20-14-8-12(18)5-6-15(14)22-17/h3-8H,9H2,1-2H3,(H,19,21). The van der Waals surface area contributed by atoms with Crippen LogP contribution in [-0.4, -0.2) is 16.6 Å². The Bertz CT molecular complexity index is 876. The molecule has 6 heteroatoms. The Labute approximate surface area is 143 Å². The Morgan fingerprint density at radius 3 is 2.91 bits per heavy atom. The molecular formula is C17H15ClN2O2S. The largest absolute Gasteiger partial charge is 0.431 e. The summed E-state index contributed by atoms with van der Waals surface area (Å²) in [5.41, 5.74) is 4.32. The lowest BCUT2D eigenvalue weighted by atomic mass is 10.1. The molecule has 4 nitrogen and oxygen atoms in total. The van der Waals surface area contributed by atoms with Gasteiger partial charge in [-0.2, -0.15) is 0 Å². The minimum absolute atomic E-state index is 0.0935. The first kappa shape index (κ1) is 15.9. The number of rotatable bonds is 4. The fourth-order valence-corrected chi connectivity index (χ4v) is 2.93. The van der Waals surface area contributed by atoms with Gasteiger partial charge >= 0.3 is 0 Å². The van der Waals surface area contributed by atoms with E-state index in [9.17, 15) is 4.79 Å². The lowest BCUT2D eigenvalue weighted by Gasteiger charge is -2.08. The summed E-state index contributed by atoms with van der Waals surface area (Å²) in [7, 11) is 0. The van der Waals surface area contributed by atoms with E-state index in [1.54, 1.807) is 18.2 Å². The van der Waals surface area contributed by atoms with Crippen molar-refractivity contribution < 1.29 is 9.21 Å². The third-order valence-electron chi connectivity index (χ3n) is 3.32. The highest BCUT2D eigenvalue weighted by Gasteiger charge is 2.11. The predicted molar refractivity (Wildman–Crippen MR) is 94.3 cm³/mol. The minimum Gasteiger partial charge on any atom is -0.431 e. The molecule has 1 N–H and O–H groups in total. The van der Waals surface area contributed by atoms with E-state index in [0.717, 1.165) is 16.8 Å². The highest BCUT2D eigenvalue weighted by Crippen LogP contribution is 2.26. The van der Waals surface area contributed by atoms with E-state index in [4.69, 9.17) is 16.0 Å². The first-order valence-corrected chi connectivity index (χ1v) is 8.43. The number of carbonyl (C=O) groups excluding carboxylic acids is 1. The number of thioether (sulfide) groups is 1. The molecule has 0 saturated heterocycles. The zero-order valence-corrected chi connectivity index (χ0v) is 14.3. The van der Waals surface area contributed by atoms with E-state index < -0.39 is 0 Å². The molecule has 0 saturated carbocycles. The molecule has 3 rings (SSSR count). The van der Waals surface area contributed by atoms with Crippen molar-refractivity contribution in [3.05, 3.63) is 52.5 Å². The summed E-state index contributed by atoms with van der Waals surface area (Å²) in [6, 6.07) is 11.2. The second-order valence-corrected chi connectivity index (χ2v) is 6.61. The van der Waals surface area contributed by atoms with Crippen molar-refractivity contribution in [2.24, 2.45) is 0 Å². The van der Waals surface area contributed by atoms with Crippen LogP contribution in [0.4, 0.5) is 5.69 Å². The molecule has 118 valence electrons. The maximum Gasteiger partial charge on any atom is 0.257 e. The van der Waals surface area contributed by atoms with Gasteiger partial charge in [0.05, 0.1) is 5.75 Å². The second kappa shape index (κ2) is 6.64. The maximum atomic E-state index is 12.1. The molecule has 1 heterocycles. The van der Waals surface area contributed by atoms with Crippen LogP contribution in [0.1, 0.15) is 11.1 Å². The molecule has 23 heavy (non-hydrogen) atoms. The monoisotopic (exact) mass is 346 g/mol. The normalized spacial score (nSPS) is 10.9. The quantitative estimate of drug-likeness (QED) is 0.687. The van der Waals surface area contributed by atoms with Gasteiger partial charge in [0.1, 0.15) is 5.52 Å². The molecule has 0 atom stereocenters. The number of halogens is 1. The smallest absolute Gasteiger partial charge is 0.257 e. The number of hydrogen-bond donors (Lipinski definition) is 1. The lowest BCUT2D eigenvalue weighted by molar-refractivity contribution is -0.113. The molecule has 0 aliphatic rings. The summed E-state index contributed by atoms with van der Waals surface area (Å²) in [5, 5.41) is 3.98. The van der Waals surface area contributed by atoms with E-state index >= 15 is 0 Å². The highest BCUT2D eigenvalue weighted by molar-refractivity contribution is 7.99. The first-order chi connectivity index (χ1) is 11.0. The maximum absolute atomic E-state index is 12.1. The molecule has 0 aliphatic carbocycles. The van der Waals surface area contributed by atoms with Crippen molar-refractivity contribution >= 4 is 46.1 Å². The molecule has 3 aromatic rings. The Morgan fingerprint density at radius 2 is 2.09 bits per heavy atom. The molecular weight excluding hydrogens is 332 g/mol. The summed E-state index contributed by atoms with van der Waals surface area (Å²) in [6.45, 7) is 3.96. The van der Waals surface area contributed by atoms with Gasteiger partial charge in [-0.3, -0.25) is 4.79 Å². The van der Waals surface area contributed by atoms with Crippen molar-refractivity contribution in [1.29, 1.82) is 0 Å². The van der Waals surface area contributed by atoms with Crippen LogP contribution in [0, 0.1) is 13.8 Å². The fraction of sp³-hybridized carbons (Fsp3) is 0.176. The molecule has 2 aromatic carbocycles. The van der Waals surface area contributed by atoms with E-state index in [2.05, 4.69) is 10.3 Å². The molecule has 0 aliphatic heterocycles. The van der Waals surface area contributed by atoms with E-state index in [0.29, 0.717) is 21.3 Å². The average Bonchev–Trinajstić information content (AvgIpc) is 2.91. The van der Waals surface area contributed by atoms with Gasteiger partial charge in [-0.25, -0.2) is 4.98 Å². The SMILES string of the molecule is Cc1ccc(C)c(NC(=O)CSc2nc3cc(Cl)ccc3o2)c1. The number of nitrogens with one attached hydrogen (secondary N) is 1. The number of oxazole rings is 1. The van der Waals surface area contributed by atoms with Crippen LogP contribution in [0.5, 0.6) is 0 Å². The summed E-state index contributed by atoms with van der Waals surface area (Å²) in [6.07, 6.45) is 0. The van der Waals surface area contributed by atoms with Crippen LogP contribution in [0.3, 0.4) is 0 Å². The summed E-state index contributed by atoms with van der Waals surface area (Å²) in [5.74, 6) is 0.137. The third kappa shape index (κ3) is 3.86. The minimum atomic E-state index is -0.0935. The molecule has 1 aromatic heterocycles. The van der Waals surface area contributed by atoms with Gasteiger partial charge in [-0.05, 0) is 49.2 Å². The number of carbonyl (C=O) groups is 1. The molecule has 1 amide bonds. The number of benzene rings is 2. The number of aryl methyl sites for hydroxylation is 2. The molecule has 0 radical (unpaired) electrons. The van der Waals surface area contributed by atoms with Crippen LogP contribution in [0.15, 0.2) is 46.0 Å². The highest BCUT2D eigenvalue weighted by atomic mass is 35.5. The van der Waals surface area contributed by atoms with Gasteiger partial charge in [0.25, 0.3) is 5.22 Å². The van der Waals surface area contributed by atoms with Crippen LogP contribution in [0.25, 0.3) is 11.1 Å². The topological polar surface area (TPSA) is 55.1 Å². The van der Waals surface area contributed by atoms with Crippen LogP contribution in [-0.2, 0) is 4.79 Å². The van der Waals surface area contributed by atoms with Crippen LogP contribution >= 0.6 is 23.4 Å². The number of anilines is 1. The zero-order chi connectivity index (χ0) is 16.4. The third-order valence-corrected chi connectivity index (χ3v) is 4.39. The van der Waals surface area contributed by atoms with Gasteiger partial charge in [0.2, 0.25) is 5.91 Å². The number of aromatic nitrogens is 1. The van der Waals surface area contributed by atoms with Crippen molar-refractivity contribution in [2.75, 3.05) is 11.1 Å². The van der Waals surface area contributed by atoms with E-state index in [1.165, 1.54) is 11.8 Å². The fourth-order valence-electron chi connectivity index (χ4n) is 2.13. The van der Waals surface area contributed by atoms with Gasteiger partial charge in [0.15, 0.2) is 5.58 Å². The van der Waals surface area contributed by atoms with Gasteiger partial charge in [-0.1, -0.05) is 35.5 Å². The van der Waals surface area contributed by atoms with Crippen LogP contribution in [0.2, 0.25) is 5.02 Å². The van der Waals surface area contributed by atoms with Crippen molar-refractivity contribution in [1.82, 2.24) is 4.98 Å². The molecule has 0 fully saturated rings. The van der Waals surface area contributed by atoms with E-state index in [-0.39, 0.29) is 11.7 Å². The second-order valence-electron chi connectivity index (χ2n) is 5.25. The average molecular weight is 347 g/mol. The summed E-state index contributed by atoms with van der Waals surface area (Å²) in [4.78, 5) is 16.4. The van der Waals surface area contributed by atoms with Gasteiger partial charge in [-0.15, -0.1) is 0 Å². The first-order valence-electron chi connectivity index (χ1n) is 7.07. The summed E-state index contributed by atoms with van der Waals surface area (Å²) >= 11 is 7.18.